The Morgan fingerprint density at radius 2 is 2.57 bits per heavy atom. The summed E-state index contributed by atoms with van der Waals surface area (Å²) >= 11 is 4.35. The number of hydrogen-bond donors (Lipinski definition) is 2. The van der Waals surface area contributed by atoms with Gasteiger partial charge in [0.15, 0.2) is 5.11 Å². The van der Waals surface area contributed by atoms with Gasteiger partial charge in [-0.15, -0.1) is 0 Å². The second kappa shape index (κ2) is 3.55. The van der Waals surface area contributed by atoms with Gasteiger partial charge in [-0.05, 0) is 12.2 Å². The number of hydrogen-bond acceptors (Lipinski definition) is 2. The Morgan fingerprint density at radius 1 is 2.00 bits per heavy atom. The Kier molecular flexibility index (Phi) is 3.22. The zero-order chi connectivity index (χ0) is 5.70. The molecule has 0 fully saturated rings. The Labute approximate surface area is 46.9 Å². The molecule has 0 aromatic carbocycles. The lowest BCUT2D eigenvalue weighted by atomic mass is 10.7. The molecule has 0 saturated heterocycles. The van der Waals surface area contributed by atoms with Crippen molar-refractivity contribution in [1.82, 2.24) is 5.32 Å². The van der Waals surface area contributed by atoms with E-state index in [0.717, 1.165) is 0 Å². The molecule has 0 aliphatic carbocycles. The summed E-state index contributed by atoms with van der Waals surface area (Å²) in [4.78, 5) is 9.41. The van der Waals surface area contributed by atoms with Crippen LogP contribution in [0.3, 0.4) is 0 Å². The SMILES string of the molecule is NC(=S)NC[C]=O. The highest BCUT2D eigenvalue weighted by Gasteiger charge is 1.80. The summed E-state index contributed by atoms with van der Waals surface area (Å²) in [6, 6.07) is 0. The highest BCUT2D eigenvalue weighted by molar-refractivity contribution is 7.80. The smallest absolute Gasteiger partial charge is 0.219 e. The van der Waals surface area contributed by atoms with Crippen LogP contribution in [-0.4, -0.2) is 17.9 Å². The van der Waals surface area contributed by atoms with Crippen LogP contribution in [0, 0.1) is 0 Å². The number of nitrogens with one attached hydrogen (secondary N) is 1. The first-order chi connectivity index (χ1) is 3.27. The summed E-state index contributed by atoms with van der Waals surface area (Å²) in [7, 11) is 0. The van der Waals surface area contributed by atoms with Crippen LogP contribution in [-0.2, 0) is 4.79 Å². The van der Waals surface area contributed by atoms with Crippen molar-refractivity contribution in [2.24, 2.45) is 5.73 Å². The summed E-state index contributed by atoms with van der Waals surface area (Å²) in [5, 5.41) is 2.51. The predicted molar refractivity (Wildman–Crippen MR) is 30.5 cm³/mol. The first-order valence-corrected chi connectivity index (χ1v) is 2.06. The van der Waals surface area contributed by atoms with E-state index < -0.39 is 0 Å². The van der Waals surface area contributed by atoms with Gasteiger partial charge in [0.25, 0.3) is 0 Å². The highest BCUT2D eigenvalue weighted by Crippen LogP contribution is 1.51. The fourth-order valence-electron chi connectivity index (χ4n) is 0.123. The normalized spacial score (nSPS) is 7.43. The molecule has 0 spiro atoms. The van der Waals surface area contributed by atoms with Crippen LogP contribution in [0.1, 0.15) is 0 Å². The van der Waals surface area contributed by atoms with Crippen LogP contribution < -0.4 is 11.1 Å². The third-order valence-corrected chi connectivity index (χ3v) is 0.479. The molecule has 3 N–H and O–H groups in total. The van der Waals surface area contributed by atoms with Gasteiger partial charge in [0.1, 0.15) is 0 Å². The minimum absolute atomic E-state index is 0.0787. The van der Waals surface area contributed by atoms with Crippen molar-refractivity contribution in [3.63, 3.8) is 0 Å². The van der Waals surface area contributed by atoms with Gasteiger partial charge in [0.2, 0.25) is 6.29 Å². The van der Waals surface area contributed by atoms with Crippen molar-refractivity contribution < 1.29 is 4.79 Å². The topological polar surface area (TPSA) is 55.1 Å². The van der Waals surface area contributed by atoms with Gasteiger partial charge in [-0.1, -0.05) is 0 Å². The van der Waals surface area contributed by atoms with Gasteiger partial charge in [-0.25, -0.2) is 0 Å². The van der Waals surface area contributed by atoms with Crippen molar-refractivity contribution in [3.05, 3.63) is 0 Å². The fourth-order valence-corrected chi connectivity index (χ4v) is 0.195. The third-order valence-electron chi connectivity index (χ3n) is 0.335. The molecule has 0 aromatic heterocycles. The predicted octanol–water partition coefficient (Wildman–Crippen LogP) is -1.07. The Hall–Kier alpha value is -0.640. The molecule has 0 aliphatic heterocycles. The molecule has 0 saturated carbocycles. The van der Waals surface area contributed by atoms with E-state index in [0.29, 0.717) is 0 Å². The van der Waals surface area contributed by atoms with E-state index >= 15 is 0 Å². The van der Waals surface area contributed by atoms with Crippen molar-refractivity contribution in [1.29, 1.82) is 0 Å². The quantitative estimate of drug-likeness (QED) is 0.452. The molecule has 39 valence electrons. The molecule has 0 unspecified atom stereocenters. The summed E-state index contributed by atoms with van der Waals surface area (Å²) in [6.45, 7) is 0.0787. The molecule has 0 amide bonds. The van der Waals surface area contributed by atoms with Crippen molar-refractivity contribution >= 4 is 23.6 Å². The molecule has 4 heteroatoms. The lowest BCUT2D eigenvalue weighted by molar-refractivity contribution is 0.554. The van der Waals surface area contributed by atoms with Gasteiger partial charge in [-0.2, -0.15) is 0 Å². The minimum Gasteiger partial charge on any atom is -0.376 e. The Morgan fingerprint density at radius 3 is 2.71 bits per heavy atom. The third kappa shape index (κ3) is 5.36. The number of nitrogens with two attached hydrogens (primary N) is 1. The van der Waals surface area contributed by atoms with Crippen LogP contribution in [0.5, 0.6) is 0 Å². The van der Waals surface area contributed by atoms with Gasteiger partial charge in [0.05, 0.1) is 6.54 Å². The average Bonchev–Trinajstić information content (AvgIpc) is 1.61. The summed E-state index contributed by atoms with van der Waals surface area (Å²) in [6.07, 6.45) is 1.57. The number of carbonyl (C=O) groups excluding carboxylic acids is 1. The molecular weight excluding hydrogens is 112 g/mol. The molecule has 7 heavy (non-hydrogen) atoms. The molecule has 0 heterocycles. The first-order valence-electron chi connectivity index (χ1n) is 1.65. The minimum atomic E-state index is 0.0787. The highest BCUT2D eigenvalue weighted by atomic mass is 32.1. The molecule has 0 aliphatic rings. The van der Waals surface area contributed by atoms with Gasteiger partial charge >= 0.3 is 0 Å². The van der Waals surface area contributed by atoms with Crippen LogP contribution in [0.25, 0.3) is 0 Å². The standard InChI is InChI=1S/C3H5N2OS/c4-3(7)5-1-2-6/h1H2,(H3,4,5,7). The fraction of sp³-hybridized carbons (Fsp3) is 0.333. The van der Waals surface area contributed by atoms with Gasteiger partial charge in [-0.3, -0.25) is 4.79 Å². The lowest BCUT2D eigenvalue weighted by Crippen LogP contribution is -2.30. The molecule has 1 radical (unpaired) electrons. The molecule has 0 aromatic rings. The maximum Gasteiger partial charge on any atom is 0.219 e. The van der Waals surface area contributed by atoms with E-state index in [1.54, 1.807) is 6.29 Å². The van der Waals surface area contributed by atoms with Gasteiger partial charge in [0, 0.05) is 0 Å². The van der Waals surface area contributed by atoms with E-state index in [1.807, 2.05) is 0 Å². The molecule has 0 atom stereocenters. The van der Waals surface area contributed by atoms with Crippen molar-refractivity contribution in [2.75, 3.05) is 6.54 Å². The molecule has 0 rings (SSSR count). The average molecular weight is 117 g/mol. The Balaban J connectivity index is 2.97. The van der Waals surface area contributed by atoms with E-state index in [4.69, 9.17) is 5.73 Å². The maximum absolute atomic E-state index is 9.41. The zero-order valence-electron chi connectivity index (χ0n) is 3.60. The molecular formula is C3H5N2OS. The van der Waals surface area contributed by atoms with E-state index in [2.05, 4.69) is 17.5 Å². The Bertz CT molecular complexity index is 83.0. The van der Waals surface area contributed by atoms with Crippen LogP contribution in [0.2, 0.25) is 0 Å². The number of rotatable bonds is 2. The molecule has 0 bridgehead atoms. The van der Waals surface area contributed by atoms with Crippen molar-refractivity contribution in [3.8, 4) is 0 Å². The monoisotopic (exact) mass is 117 g/mol. The summed E-state index contributed by atoms with van der Waals surface area (Å²) in [5.74, 6) is 0. The zero-order valence-corrected chi connectivity index (χ0v) is 4.42. The van der Waals surface area contributed by atoms with Crippen LogP contribution >= 0.6 is 12.2 Å². The van der Waals surface area contributed by atoms with Crippen LogP contribution in [0.4, 0.5) is 0 Å². The van der Waals surface area contributed by atoms with E-state index in [9.17, 15) is 4.79 Å². The first kappa shape index (κ1) is 6.36. The number of thiocarbonyl (C=S) groups is 1. The lowest BCUT2D eigenvalue weighted by Gasteiger charge is -1.91. The van der Waals surface area contributed by atoms with Crippen molar-refractivity contribution in [2.45, 2.75) is 0 Å². The molecule has 3 nitrogen and oxygen atoms in total. The van der Waals surface area contributed by atoms with E-state index in [1.165, 1.54) is 0 Å². The van der Waals surface area contributed by atoms with E-state index in [-0.39, 0.29) is 11.7 Å². The maximum atomic E-state index is 9.41. The second-order valence-electron chi connectivity index (χ2n) is 0.862. The van der Waals surface area contributed by atoms with Crippen LogP contribution in [0.15, 0.2) is 0 Å². The second-order valence-corrected chi connectivity index (χ2v) is 1.30. The summed E-state index contributed by atoms with van der Waals surface area (Å²) < 4.78 is 0. The largest absolute Gasteiger partial charge is 0.376 e. The van der Waals surface area contributed by atoms with Gasteiger partial charge < -0.3 is 11.1 Å². The summed E-state index contributed by atoms with van der Waals surface area (Å²) in [5.41, 5.74) is 4.92.